The second-order valence-corrected chi connectivity index (χ2v) is 6.19. The first kappa shape index (κ1) is 18.3. The fourth-order valence-electron chi connectivity index (χ4n) is 2.46. The molecule has 0 aliphatic rings. The van der Waals surface area contributed by atoms with Crippen molar-refractivity contribution in [2.45, 2.75) is 39.5 Å². The second kappa shape index (κ2) is 9.33. The van der Waals surface area contributed by atoms with Crippen LogP contribution in [0.1, 0.15) is 38.2 Å². The Morgan fingerprint density at radius 3 is 2.46 bits per heavy atom. The van der Waals surface area contributed by atoms with E-state index in [1.807, 2.05) is 49.4 Å². The number of aryl methyl sites for hydroxylation is 1. The number of rotatable bonds is 7. The highest BCUT2D eigenvalue weighted by atomic mass is 35.5. The van der Waals surface area contributed by atoms with E-state index in [0.29, 0.717) is 11.6 Å². The van der Waals surface area contributed by atoms with Crippen molar-refractivity contribution in [3.63, 3.8) is 0 Å². The van der Waals surface area contributed by atoms with Crippen molar-refractivity contribution in [1.29, 1.82) is 0 Å². The smallest absolute Gasteiger partial charge is 0.418 e. The molecule has 0 unspecified atom stereocenters. The van der Waals surface area contributed by atoms with E-state index >= 15 is 0 Å². The molecule has 0 heterocycles. The number of amides is 1. The Morgan fingerprint density at radius 1 is 1.04 bits per heavy atom. The zero-order valence-electron chi connectivity index (χ0n) is 14.3. The van der Waals surface area contributed by atoms with E-state index in [4.69, 9.17) is 16.3 Å². The molecule has 1 amide bonds. The SMILES string of the molecule is CCCCCCOC(=O)N(c1ccccc1)c1ccc(Cl)c(C)c1. The number of hydrogen-bond donors (Lipinski definition) is 0. The van der Waals surface area contributed by atoms with Gasteiger partial charge in [-0.05, 0) is 49.2 Å². The Hall–Kier alpha value is -2.00. The van der Waals surface area contributed by atoms with Crippen LogP contribution in [-0.2, 0) is 4.74 Å². The highest BCUT2D eigenvalue weighted by molar-refractivity contribution is 6.31. The van der Waals surface area contributed by atoms with Crippen LogP contribution in [0.3, 0.4) is 0 Å². The summed E-state index contributed by atoms with van der Waals surface area (Å²) in [6.45, 7) is 4.52. The highest BCUT2D eigenvalue weighted by Crippen LogP contribution is 2.29. The van der Waals surface area contributed by atoms with Gasteiger partial charge in [0.1, 0.15) is 0 Å². The molecule has 0 spiro atoms. The lowest BCUT2D eigenvalue weighted by Gasteiger charge is -2.23. The lowest BCUT2D eigenvalue weighted by molar-refractivity contribution is 0.154. The molecule has 4 heteroatoms. The zero-order valence-corrected chi connectivity index (χ0v) is 15.1. The van der Waals surface area contributed by atoms with E-state index in [2.05, 4.69) is 6.92 Å². The van der Waals surface area contributed by atoms with Gasteiger partial charge < -0.3 is 4.74 Å². The fourth-order valence-corrected chi connectivity index (χ4v) is 2.58. The lowest BCUT2D eigenvalue weighted by atomic mass is 10.2. The number of carbonyl (C=O) groups excluding carboxylic acids is 1. The van der Waals surface area contributed by atoms with Crippen LogP contribution in [0.4, 0.5) is 16.2 Å². The first-order valence-electron chi connectivity index (χ1n) is 8.41. The summed E-state index contributed by atoms with van der Waals surface area (Å²) >= 11 is 6.11. The Kier molecular flexibility index (Phi) is 7.13. The van der Waals surface area contributed by atoms with E-state index in [9.17, 15) is 4.79 Å². The molecule has 2 rings (SSSR count). The third-order valence-electron chi connectivity index (χ3n) is 3.82. The molecule has 0 aromatic heterocycles. The molecule has 0 saturated heterocycles. The maximum atomic E-state index is 12.6. The molecule has 0 atom stereocenters. The zero-order chi connectivity index (χ0) is 17.4. The van der Waals surface area contributed by atoms with Crippen molar-refractivity contribution in [1.82, 2.24) is 0 Å². The molecule has 2 aromatic carbocycles. The minimum Gasteiger partial charge on any atom is -0.449 e. The van der Waals surface area contributed by atoms with Crippen molar-refractivity contribution < 1.29 is 9.53 Å². The Labute approximate surface area is 149 Å². The van der Waals surface area contributed by atoms with E-state index in [-0.39, 0.29) is 6.09 Å². The topological polar surface area (TPSA) is 29.5 Å². The summed E-state index contributed by atoms with van der Waals surface area (Å²) in [4.78, 5) is 14.2. The average Bonchev–Trinajstić information content (AvgIpc) is 2.59. The van der Waals surface area contributed by atoms with E-state index in [1.165, 1.54) is 0 Å². The van der Waals surface area contributed by atoms with Gasteiger partial charge in [-0.15, -0.1) is 0 Å². The van der Waals surface area contributed by atoms with Crippen LogP contribution < -0.4 is 4.90 Å². The molecular weight excluding hydrogens is 322 g/mol. The van der Waals surface area contributed by atoms with Crippen LogP contribution in [0.2, 0.25) is 5.02 Å². The number of unbranched alkanes of at least 4 members (excludes halogenated alkanes) is 3. The first-order valence-corrected chi connectivity index (χ1v) is 8.79. The summed E-state index contributed by atoms with van der Waals surface area (Å²) in [5.74, 6) is 0. The molecule has 0 radical (unpaired) electrons. The number of anilines is 2. The van der Waals surface area contributed by atoms with Crippen LogP contribution in [0, 0.1) is 6.92 Å². The van der Waals surface area contributed by atoms with Gasteiger partial charge in [-0.3, -0.25) is 0 Å². The minimum atomic E-state index is -0.362. The van der Waals surface area contributed by atoms with Crippen LogP contribution >= 0.6 is 11.6 Å². The Morgan fingerprint density at radius 2 is 1.79 bits per heavy atom. The van der Waals surface area contributed by atoms with E-state index < -0.39 is 0 Å². The van der Waals surface area contributed by atoms with Gasteiger partial charge in [-0.2, -0.15) is 0 Å². The van der Waals surface area contributed by atoms with Crippen molar-refractivity contribution in [3.05, 3.63) is 59.1 Å². The van der Waals surface area contributed by atoms with Gasteiger partial charge in [0.25, 0.3) is 0 Å². The van der Waals surface area contributed by atoms with Gasteiger partial charge in [0, 0.05) is 5.02 Å². The fraction of sp³-hybridized carbons (Fsp3) is 0.350. The number of halogens is 1. The van der Waals surface area contributed by atoms with Crippen molar-refractivity contribution in [2.24, 2.45) is 0 Å². The summed E-state index contributed by atoms with van der Waals surface area (Å²) in [5, 5.41) is 0.680. The third-order valence-corrected chi connectivity index (χ3v) is 4.24. The van der Waals surface area contributed by atoms with Gasteiger partial charge >= 0.3 is 6.09 Å². The number of hydrogen-bond acceptors (Lipinski definition) is 2. The van der Waals surface area contributed by atoms with Crippen LogP contribution in [0.15, 0.2) is 48.5 Å². The normalized spacial score (nSPS) is 10.5. The van der Waals surface area contributed by atoms with Crippen LogP contribution in [-0.4, -0.2) is 12.7 Å². The summed E-state index contributed by atoms with van der Waals surface area (Å²) < 4.78 is 5.48. The van der Waals surface area contributed by atoms with E-state index in [1.54, 1.807) is 11.0 Å². The molecule has 0 N–H and O–H groups in total. The largest absolute Gasteiger partial charge is 0.449 e. The molecule has 3 nitrogen and oxygen atoms in total. The lowest BCUT2D eigenvalue weighted by Crippen LogP contribution is -2.27. The number of benzene rings is 2. The third kappa shape index (κ3) is 5.00. The molecule has 0 bridgehead atoms. The molecule has 0 aliphatic heterocycles. The summed E-state index contributed by atoms with van der Waals surface area (Å²) in [7, 11) is 0. The maximum Gasteiger partial charge on any atom is 0.418 e. The van der Waals surface area contributed by atoms with Crippen LogP contribution in [0.5, 0.6) is 0 Å². The van der Waals surface area contributed by atoms with Gasteiger partial charge in [-0.1, -0.05) is 56.0 Å². The molecule has 0 fully saturated rings. The molecule has 128 valence electrons. The van der Waals surface area contributed by atoms with Crippen LogP contribution in [0.25, 0.3) is 0 Å². The average molecular weight is 346 g/mol. The number of carbonyl (C=O) groups is 1. The molecule has 24 heavy (non-hydrogen) atoms. The minimum absolute atomic E-state index is 0.362. The Bertz CT molecular complexity index is 658. The number of nitrogens with zero attached hydrogens (tertiary/aromatic N) is 1. The van der Waals surface area contributed by atoms with Gasteiger partial charge in [0.05, 0.1) is 18.0 Å². The highest BCUT2D eigenvalue weighted by Gasteiger charge is 2.19. The quantitative estimate of drug-likeness (QED) is 0.536. The summed E-state index contributed by atoms with van der Waals surface area (Å²) in [6, 6.07) is 15.0. The van der Waals surface area contributed by atoms with Crippen molar-refractivity contribution in [3.8, 4) is 0 Å². The Balaban J connectivity index is 2.17. The predicted octanol–water partition coefficient (Wildman–Crippen LogP) is 6.50. The summed E-state index contributed by atoms with van der Waals surface area (Å²) in [5.41, 5.74) is 2.45. The number of para-hydroxylation sites is 1. The molecule has 0 saturated carbocycles. The van der Waals surface area contributed by atoms with Gasteiger partial charge in [0.2, 0.25) is 0 Å². The van der Waals surface area contributed by atoms with Crippen molar-refractivity contribution in [2.75, 3.05) is 11.5 Å². The van der Waals surface area contributed by atoms with E-state index in [0.717, 1.165) is 42.6 Å². The summed E-state index contributed by atoms with van der Waals surface area (Å²) in [6.07, 6.45) is 3.93. The van der Waals surface area contributed by atoms with Gasteiger partial charge in [0.15, 0.2) is 0 Å². The molecule has 0 aliphatic carbocycles. The maximum absolute atomic E-state index is 12.6. The first-order chi connectivity index (χ1) is 11.6. The van der Waals surface area contributed by atoms with Gasteiger partial charge in [-0.25, -0.2) is 9.69 Å². The molecule has 2 aromatic rings. The molecular formula is C20H24ClNO2. The van der Waals surface area contributed by atoms with Crippen molar-refractivity contribution >= 4 is 29.1 Å². The second-order valence-electron chi connectivity index (χ2n) is 5.78. The standard InChI is InChI=1S/C20H24ClNO2/c1-3-4-5-9-14-24-20(23)22(17-10-7-6-8-11-17)18-12-13-19(21)16(2)15-18/h6-8,10-13,15H,3-5,9,14H2,1-2H3. The predicted molar refractivity (Wildman–Crippen MR) is 100 cm³/mol. The number of ether oxygens (including phenoxy) is 1. The monoisotopic (exact) mass is 345 g/mol.